The van der Waals surface area contributed by atoms with Gasteiger partial charge in [-0.2, -0.15) is 0 Å². The lowest BCUT2D eigenvalue weighted by Crippen LogP contribution is -2.25. The van der Waals surface area contributed by atoms with E-state index in [1.54, 1.807) is 6.07 Å². The van der Waals surface area contributed by atoms with Gasteiger partial charge in [-0.1, -0.05) is 29.8 Å². The lowest BCUT2D eigenvalue weighted by molar-refractivity contribution is 0.0948. The Bertz CT molecular complexity index is 712. The molecule has 2 aromatic carbocycles. The molecule has 0 aliphatic carbocycles. The Morgan fingerprint density at radius 3 is 2.70 bits per heavy atom. The third-order valence-electron chi connectivity index (χ3n) is 4.08. The van der Waals surface area contributed by atoms with Gasteiger partial charge in [-0.05, 0) is 42.7 Å². The summed E-state index contributed by atoms with van der Waals surface area (Å²) in [7, 11) is 0. The summed E-state index contributed by atoms with van der Waals surface area (Å²) >= 11 is 5.89. The molecule has 0 aromatic heterocycles. The molecule has 1 aliphatic rings. The van der Waals surface area contributed by atoms with Crippen molar-refractivity contribution in [3.63, 3.8) is 0 Å². The number of halogens is 1. The molecule has 1 fully saturated rings. The van der Waals surface area contributed by atoms with Crippen LogP contribution in [0.1, 0.15) is 28.8 Å². The van der Waals surface area contributed by atoms with Gasteiger partial charge in [0.15, 0.2) is 0 Å². The SMILES string of the molecule is O=C(NCc1ccccc1N1CCCC1)c1cc(Cl)ccc1O. The van der Waals surface area contributed by atoms with E-state index in [0.29, 0.717) is 11.6 Å². The summed E-state index contributed by atoms with van der Waals surface area (Å²) in [5.41, 5.74) is 2.43. The average molecular weight is 331 g/mol. The van der Waals surface area contributed by atoms with Crippen LogP contribution >= 0.6 is 11.6 Å². The molecule has 1 saturated heterocycles. The molecule has 2 aromatic rings. The zero-order valence-electron chi connectivity index (χ0n) is 12.8. The maximum absolute atomic E-state index is 12.3. The number of aromatic hydroxyl groups is 1. The number of carbonyl (C=O) groups is 1. The summed E-state index contributed by atoms with van der Waals surface area (Å²) in [6, 6.07) is 12.5. The molecular weight excluding hydrogens is 312 g/mol. The van der Waals surface area contributed by atoms with Crippen LogP contribution in [0.15, 0.2) is 42.5 Å². The Morgan fingerprint density at radius 2 is 1.91 bits per heavy atom. The molecule has 0 saturated carbocycles. The fraction of sp³-hybridized carbons (Fsp3) is 0.278. The molecule has 1 aliphatic heterocycles. The van der Waals surface area contributed by atoms with Crippen molar-refractivity contribution < 1.29 is 9.90 Å². The monoisotopic (exact) mass is 330 g/mol. The maximum Gasteiger partial charge on any atom is 0.255 e. The minimum Gasteiger partial charge on any atom is -0.507 e. The van der Waals surface area contributed by atoms with Gasteiger partial charge in [0.05, 0.1) is 5.56 Å². The second-order valence-electron chi connectivity index (χ2n) is 5.67. The number of nitrogens with zero attached hydrogens (tertiary/aromatic N) is 1. The van der Waals surface area contributed by atoms with E-state index in [-0.39, 0.29) is 17.2 Å². The fourth-order valence-electron chi connectivity index (χ4n) is 2.89. The standard InChI is InChI=1S/C18H19ClN2O2/c19-14-7-8-17(22)15(11-14)18(23)20-12-13-5-1-2-6-16(13)21-9-3-4-10-21/h1-2,5-8,11,22H,3-4,9-10,12H2,(H,20,23). The van der Waals surface area contributed by atoms with Crippen molar-refractivity contribution in [2.45, 2.75) is 19.4 Å². The summed E-state index contributed by atoms with van der Waals surface area (Å²) < 4.78 is 0. The number of amides is 1. The summed E-state index contributed by atoms with van der Waals surface area (Å²) in [5, 5.41) is 13.1. The van der Waals surface area contributed by atoms with E-state index in [4.69, 9.17) is 11.6 Å². The lowest BCUT2D eigenvalue weighted by atomic mass is 10.1. The van der Waals surface area contributed by atoms with Crippen LogP contribution in [0.2, 0.25) is 5.02 Å². The predicted octanol–water partition coefficient (Wildman–Crippen LogP) is 3.58. The number of para-hydroxylation sites is 1. The second-order valence-corrected chi connectivity index (χ2v) is 6.10. The van der Waals surface area contributed by atoms with E-state index < -0.39 is 0 Å². The number of anilines is 1. The molecular formula is C18H19ClN2O2. The number of phenols is 1. The molecule has 5 heteroatoms. The van der Waals surface area contributed by atoms with Gasteiger partial charge in [0.1, 0.15) is 5.75 Å². The van der Waals surface area contributed by atoms with Gasteiger partial charge in [-0.3, -0.25) is 4.79 Å². The van der Waals surface area contributed by atoms with Crippen molar-refractivity contribution in [1.29, 1.82) is 0 Å². The van der Waals surface area contributed by atoms with E-state index in [0.717, 1.165) is 18.7 Å². The Labute approximate surface area is 140 Å². The molecule has 4 nitrogen and oxygen atoms in total. The molecule has 1 amide bonds. The number of nitrogens with one attached hydrogen (secondary N) is 1. The quantitative estimate of drug-likeness (QED) is 0.901. The second kappa shape index (κ2) is 6.92. The highest BCUT2D eigenvalue weighted by Crippen LogP contribution is 2.25. The summed E-state index contributed by atoms with van der Waals surface area (Å²) in [5.74, 6) is -0.402. The Morgan fingerprint density at radius 1 is 1.17 bits per heavy atom. The third kappa shape index (κ3) is 3.59. The molecule has 2 N–H and O–H groups in total. The number of hydrogen-bond acceptors (Lipinski definition) is 3. The van der Waals surface area contributed by atoms with Gasteiger partial charge in [-0.15, -0.1) is 0 Å². The van der Waals surface area contributed by atoms with E-state index >= 15 is 0 Å². The van der Waals surface area contributed by atoms with Crippen LogP contribution in [-0.4, -0.2) is 24.1 Å². The molecule has 23 heavy (non-hydrogen) atoms. The van der Waals surface area contributed by atoms with E-state index in [9.17, 15) is 9.90 Å². The fourth-order valence-corrected chi connectivity index (χ4v) is 3.06. The van der Waals surface area contributed by atoms with Crippen LogP contribution in [0.3, 0.4) is 0 Å². The minimum atomic E-state index is -0.332. The topological polar surface area (TPSA) is 52.6 Å². The Kier molecular flexibility index (Phi) is 4.72. The van der Waals surface area contributed by atoms with Crippen LogP contribution in [0.25, 0.3) is 0 Å². The lowest BCUT2D eigenvalue weighted by Gasteiger charge is -2.21. The van der Waals surface area contributed by atoms with Crippen molar-refractivity contribution in [1.82, 2.24) is 5.32 Å². The first-order chi connectivity index (χ1) is 11.1. The highest BCUT2D eigenvalue weighted by Gasteiger charge is 2.16. The molecule has 120 valence electrons. The van der Waals surface area contributed by atoms with E-state index in [1.165, 1.54) is 30.7 Å². The number of phenolic OH excluding ortho intramolecular Hbond substituents is 1. The molecule has 3 rings (SSSR count). The predicted molar refractivity (Wildman–Crippen MR) is 92.2 cm³/mol. The highest BCUT2D eigenvalue weighted by atomic mass is 35.5. The largest absolute Gasteiger partial charge is 0.507 e. The molecule has 0 unspecified atom stereocenters. The normalized spacial score (nSPS) is 14.0. The minimum absolute atomic E-state index is 0.0697. The zero-order chi connectivity index (χ0) is 16.2. The van der Waals surface area contributed by atoms with Crippen LogP contribution in [0, 0.1) is 0 Å². The van der Waals surface area contributed by atoms with Gasteiger partial charge >= 0.3 is 0 Å². The molecule has 1 heterocycles. The zero-order valence-corrected chi connectivity index (χ0v) is 13.5. The van der Waals surface area contributed by atoms with Crippen molar-refractivity contribution >= 4 is 23.2 Å². The summed E-state index contributed by atoms with van der Waals surface area (Å²) in [6.45, 7) is 2.53. The van der Waals surface area contributed by atoms with Crippen molar-refractivity contribution in [2.75, 3.05) is 18.0 Å². The van der Waals surface area contributed by atoms with Gasteiger partial charge in [0.2, 0.25) is 0 Å². The van der Waals surface area contributed by atoms with Gasteiger partial charge < -0.3 is 15.3 Å². The van der Waals surface area contributed by atoms with Gasteiger partial charge in [0.25, 0.3) is 5.91 Å². The summed E-state index contributed by atoms with van der Waals surface area (Å²) in [4.78, 5) is 14.6. The third-order valence-corrected chi connectivity index (χ3v) is 4.32. The van der Waals surface area contributed by atoms with Crippen LogP contribution < -0.4 is 10.2 Å². The van der Waals surface area contributed by atoms with Gasteiger partial charge in [-0.25, -0.2) is 0 Å². The van der Waals surface area contributed by atoms with Crippen molar-refractivity contribution in [2.24, 2.45) is 0 Å². The van der Waals surface area contributed by atoms with Crippen LogP contribution in [-0.2, 0) is 6.54 Å². The Balaban J connectivity index is 1.73. The van der Waals surface area contributed by atoms with E-state index in [1.807, 2.05) is 18.2 Å². The average Bonchev–Trinajstić information content (AvgIpc) is 3.09. The number of carbonyl (C=O) groups excluding carboxylic acids is 1. The first kappa shape index (κ1) is 15.7. The number of hydrogen-bond donors (Lipinski definition) is 2. The molecule has 0 atom stereocenters. The molecule has 0 bridgehead atoms. The van der Waals surface area contributed by atoms with Crippen molar-refractivity contribution in [3.8, 4) is 5.75 Å². The van der Waals surface area contributed by atoms with Gasteiger partial charge in [0, 0.05) is 30.3 Å². The maximum atomic E-state index is 12.3. The van der Waals surface area contributed by atoms with E-state index in [2.05, 4.69) is 16.3 Å². The smallest absolute Gasteiger partial charge is 0.255 e. The molecule has 0 radical (unpaired) electrons. The first-order valence-electron chi connectivity index (χ1n) is 7.75. The number of benzene rings is 2. The van der Waals surface area contributed by atoms with Crippen LogP contribution in [0.5, 0.6) is 5.75 Å². The van der Waals surface area contributed by atoms with Crippen molar-refractivity contribution in [3.05, 3.63) is 58.6 Å². The number of rotatable bonds is 4. The Hall–Kier alpha value is -2.20. The summed E-state index contributed by atoms with van der Waals surface area (Å²) in [6.07, 6.45) is 2.41. The van der Waals surface area contributed by atoms with Crippen LogP contribution in [0.4, 0.5) is 5.69 Å². The highest BCUT2D eigenvalue weighted by molar-refractivity contribution is 6.31. The first-order valence-corrected chi connectivity index (χ1v) is 8.12. The molecule has 0 spiro atoms.